The molecule has 4 aromatic rings. The maximum atomic E-state index is 12.8. The molecular weight excluding hydrogens is 795 g/mol. The molecule has 52 heavy (non-hydrogen) atoms. The third-order valence-corrected chi connectivity index (χ3v) is 10.5. The first-order valence-corrected chi connectivity index (χ1v) is 18.1. The van der Waals surface area contributed by atoms with Gasteiger partial charge in [-0.3, -0.25) is 4.79 Å². The lowest BCUT2D eigenvalue weighted by Crippen LogP contribution is -2.28. The molecule has 7 rings (SSSR count). The fourth-order valence-corrected chi connectivity index (χ4v) is 7.64. The Kier molecular flexibility index (Phi) is 14.3. The van der Waals surface area contributed by atoms with Crippen molar-refractivity contribution in [2.45, 2.75) is 49.6 Å². The van der Waals surface area contributed by atoms with Crippen molar-refractivity contribution in [3.63, 3.8) is 0 Å². The van der Waals surface area contributed by atoms with Crippen molar-refractivity contribution in [1.82, 2.24) is 4.90 Å². The molecule has 1 amide bonds. The Balaban J connectivity index is 0.000000186. The lowest BCUT2D eigenvalue weighted by atomic mass is 10.0. The number of amides is 1. The van der Waals surface area contributed by atoms with Crippen LogP contribution in [0, 0.1) is 0 Å². The van der Waals surface area contributed by atoms with Gasteiger partial charge in [0.25, 0.3) is 5.91 Å². The summed E-state index contributed by atoms with van der Waals surface area (Å²) in [5.41, 5.74) is 14.4. The molecule has 3 aliphatic rings. The number of hydrogen-bond acceptors (Lipinski definition) is 8. The number of nitrogens with zero attached hydrogens (tertiary/aromatic N) is 1. The van der Waals surface area contributed by atoms with Gasteiger partial charge in [0.2, 0.25) is 0 Å². The van der Waals surface area contributed by atoms with Crippen LogP contribution in [0.25, 0.3) is 0 Å². The molecule has 2 atom stereocenters. The van der Waals surface area contributed by atoms with Gasteiger partial charge in [0.05, 0.1) is 59.7 Å². The quantitative estimate of drug-likeness (QED) is 0.120. The number of alkyl halides is 1. The number of benzene rings is 4. The van der Waals surface area contributed by atoms with Crippen molar-refractivity contribution in [2.24, 2.45) is 5.73 Å². The van der Waals surface area contributed by atoms with E-state index in [4.69, 9.17) is 33.7 Å². The molecule has 0 spiro atoms. The number of nitrogens with two attached hydrogens (primary N) is 1. The van der Waals surface area contributed by atoms with Gasteiger partial charge < -0.3 is 24.8 Å². The highest BCUT2D eigenvalue weighted by molar-refractivity contribution is 9.08. The van der Waals surface area contributed by atoms with E-state index >= 15 is 0 Å². The monoisotopic (exact) mass is 830 g/mol. The minimum Gasteiger partial charge on any atom is -0.465 e. The van der Waals surface area contributed by atoms with E-state index in [1.807, 2.05) is 47.4 Å². The van der Waals surface area contributed by atoms with Gasteiger partial charge in [0, 0.05) is 17.9 Å². The summed E-state index contributed by atoms with van der Waals surface area (Å²) >= 11 is 15.3. The maximum Gasteiger partial charge on any atom is 0.339 e. The van der Waals surface area contributed by atoms with E-state index in [2.05, 4.69) is 25.4 Å². The summed E-state index contributed by atoms with van der Waals surface area (Å²) in [5.74, 6) is -1.09. The van der Waals surface area contributed by atoms with Crippen LogP contribution >= 0.6 is 51.5 Å². The van der Waals surface area contributed by atoms with Crippen molar-refractivity contribution in [2.75, 3.05) is 21.3 Å². The summed E-state index contributed by atoms with van der Waals surface area (Å²) in [6.45, 7) is 0.557. The molecular formula is C39H38BrCl3N2O7. The van der Waals surface area contributed by atoms with Crippen molar-refractivity contribution in [3.05, 3.63) is 138 Å². The zero-order valence-corrected chi connectivity index (χ0v) is 32.7. The minimum absolute atomic E-state index is 0. The molecule has 2 N–H and O–H groups in total. The van der Waals surface area contributed by atoms with Gasteiger partial charge in [-0.25, -0.2) is 14.4 Å². The van der Waals surface area contributed by atoms with Crippen molar-refractivity contribution in [3.8, 4) is 0 Å². The number of methoxy groups -OCH3 is 3. The standard InChI is InChI=1S/C19H16ClNO3.C11H13NO2.C9H8BrClO2.ClH/c1-24-19(23)12-6-5-11-7-8-16(14(11)9-12)21-10-13-3-2-4-15(20)17(13)18(21)22;1-14-11(13)8-3-2-7-4-5-10(12)9(7)6-8;1-13-9(12)8-6(5-10)3-2-4-7(8)11;/h2-6,9,16H,7-8,10H2,1H3;2-3,6,10H,4-5,12H2,1H3;2-4H,5H2,1H3;1H/t16-;10-;;/m11../s1. The van der Waals surface area contributed by atoms with Crippen molar-refractivity contribution in [1.29, 1.82) is 0 Å². The van der Waals surface area contributed by atoms with Crippen LogP contribution in [-0.4, -0.2) is 50.0 Å². The molecule has 13 heteroatoms. The van der Waals surface area contributed by atoms with Gasteiger partial charge >= 0.3 is 17.9 Å². The Bertz CT molecular complexity index is 1990. The Morgan fingerprint density at radius 1 is 0.769 bits per heavy atom. The van der Waals surface area contributed by atoms with Gasteiger partial charge in [0.15, 0.2) is 0 Å². The van der Waals surface area contributed by atoms with E-state index in [9.17, 15) is 19.2 Å². The van der Waals surface area contributed by atoms with E-state index in [1.165, 1.54) is 32.5 Å². The van der Waals surface area contributed by atoms with Crippen LogP contribution in [0.2, 0.25) is 10.0 Å². The van der Waals surface area contributed by atoms with Gasteiger partial charge in [-0.15, -0.1) is 12.4 Å². The van der Waals surface area contributed by atoms with E-state index in [1.54, 1.807) is 30.3 Å². The number of halogens is 4. The summed E-state index contributed by atoms with van der Waals surface area (Å²) in [5, 5.41) is 1.50. The number of aryl methyl sites for hydroxylation is 2. The predicted octanol–water partition coefficient (Wildman–Crippen LogP) is 8.63. The Morgan fingerprint density at radius 2 is 1.33 bits per heavy atom. The summed E-state index contributed by atoms with van der Waals surface area (Å²) < 4.78 is 14.1. The Hall–Kier alpha value is -3.93. The number of esters is 3. The smallest absolute Gasteiger partial charge is 0.339 e. The lowest BCUT2D eigenvalue weighted by molar-refractivity contribution is 0.0591. The van der Waals surface area contributed by atoms with Gasteiger partial charge in [-0.1, -0.05) is 75.5 Å². The molecule has 2 aliphatic carbocycles. The molecule has 0 fully saturated rings. The number of hydrogen-bond donors (Lipinski definition) is 1. The zero-order valence-electron chi connectivity index (χ0n) is 28.7. The molecule has 0 radical (unpaired) electrons. The fourth-order valence-electron chi connectivity index (χ4n) is 6.63. The summed E-state index contributed by atoms with van der Waals surface area (Å²) in [6, 6.07) is 22.1. The normalized spacial score (nSPS) is 16.1. The number of ether oxygens (including phenoxy) is 3. The number of rotatable bonds is 5. The number of fused-ring (bicyclic) bond motifs is 3. The van der Waals surface area contributed by atoms with Crippen LogP contribution < -0.4 is 5.73 Å². The second-order valence-electron chi connectivity index (χ2n) is 12.1. The van der Waals surface area contributed by atoms with Crippen LogP contribution in [0.1, 0.15) is 99.7 Å². The fraction of sp³-hybridized carbons (Fsp3) is 0.282. The number of carbonyl (C=O) groups is 4. The highest BCUT2D eigenvalue weighted by Crippen LogP contribution is 2.42. The Morgan fingerprint density at radius 3 is 1.92 bits per heavy atom. The van der Waals surface area contributed by atoms with E-state index < -0.39 is 5.97 Å². The minimum atomic E-state index is -0.403. The Labute approximate surface area is 327 Å². The van der Waals surface area contributed by atoms with E-state index in [0.29, 0.717) is 44.2 Å². The molecule has 9 nitrogen and oxygen atoms in total. The largest absolute Gasteiger partial charge is 0.465 e. The molecule has 0 saturated heterocycles. The second kappa shape index (κ2) is 18.2. The second-order valence-corrected chi connectivity index (χ2v) is 13.5. The summed E-state index contributed by atoms with van der Waals surface area (Å²) in [6.07, 6.45) is 3.74. The first-order chi connectivity index (χ1) is 24.5. The lowest BCUT2D eigenvalue weighted by Gasteiger charge is -2.25. The predicted molar refractivity (Wildman–Crippen MR) is 206 cm³/mol. The molecule has 4 aromatic carbocycles. The van der Waals surface area contributed by atoms with Crippen molar-refractivity contribution >= 4 is 75.4 Å². The third kappa shape index (κ3) is 8.64. The van der Waals surface area contributed by atoms with Crippen LogP contribution in [0.4, 0.5) is 0 Å². The number of carbonyl (C=O) groups excluding carboxylic acids is 4. The van der Waals surface area contributed by atoms with Gasteiger partial charge in [-0.2, -0.15) is 0 Å². The molecule has 274 valence electrons. The molecule has 0 bridgehead atoms. The van der Waals surface area contributed by atoms with Crippen molar-refractivity contribution < 1.29 is 33.4 Å². The average Bonchev–Trinajstić information content (AvgIpc) is 3.85. The zero-order chi connectivity index (χ0) is 36.8. The average molecular weight is 833 g/mol. The van der Waals surface area contributed by atoms with Crippen LogP contribution in [0.5, 0.6) is 0 Å². The molecule has 1 aliphatic heterocycles. The highest BCUT2D eigenvalue weighted by atomic mass is 79.9. The van der Waals surface area contributed by atoms with E-state index in [0.717, 1.165) is 47.9 Å². The summed E-state index contributed by atoms with van der Waals surface area (Å²) in [7, 11) is 4.09. The highest BCUT2D eigenvalue weighted by Gasteiger charge is 2.38. The molecule has 0 aromatic heterocycles. The molecule has 1 heterocycles. The van der Waals surface area contributed by atoms with Crippen LogP contribution in [0.15, 0.2) is 72.8 Å². The third-order valence-electron chi connectivity index (χ3n) is 9.23. The van der Waals surface area contributed by atoms with E-state index in [-0.39, 0.29) is 42.3 Å². The maximum absolute atomic E-state index is 12.8. The molecule has 0 saturated carbocycles. The summed E-state index contributed by atoms with van der Waals surface area (Å²) in [4.78, 5) is 49.1. The first kappa shape index (κ1) is 40.8. The van der Waals surface area contributed by atoms with Crippen LogP contribution in [-0.2, 0) is 38.9 Å². The first-order valence-electron chi connectivity index (χ1n) is 16.2. The SMILES string of the molecule is COC(=O)c1c(Cl)cccc1CBr.COC(=O)c1ccc2c(c1)[C@H](N)CC2.COC(=O)c1ccc2c(c1)[C@H](N1Cc3cccc(Cl)c3C1=O)CC2.Cl. The topological polar surface area (TPSA) is 125 Å². The molecule has 0 unspecified atom stereocenters. The van der Waals surface area contributed by atoms with Gasteiger partial charge in [-0.05, 0) is 95.5 Å². The van der Waals surface area contributed by atoms with Gasteiger partial charge in [0.1, 0.15) is 0 Å². The van der Waals surface area contributed by atoms with Crippen LogP contribution in [0.3, 0.4) is 0 Å².